The van der Waals surface area contributed by atoms with Crippen LogP contribution >= 0.6 is 15.9 Å². The van der Waals surface area contributed by atoms with Crippen molar-refractivity contribution in [1.82, 2.24) is 4.98 Å². The number of ether oxygens (including phenoxy) is 1. The first-order valence-electron chi connectivity index (χ1n) is 10.8. The number of hydrogen-bond acceptors (Lipinski definition) is 4. The van der Waals surface area contributed by atoms with Gasteiger partial charge < -0.3 is 15.4 Å². The Morgan fingerprint density at radius 3 is 2.42 bits per heavy atom. The predicted molar refractivity (Wildman–Crippen MR) is 135 cm³/mol. The average Bonchev–Trinajstić information content (AvgIpc) is 2.77. The second-order valence-electron chi connectivity index (χ2n) is 8.67. The van der Waals surface area contributed by atoms with Crippen molar-refractivity contribution in [3.05, 3.63) is 82.6 Å². The summed E-state index contributed by atoms with van der Waals surface area (Å²) in [6, 6.07) is 16.5. The molecular formula is C26H28BrN3O3. The monoisotopic (exact) mass is 509 g/mol. The van der Waals surface area contributed by atoms with Crippen LogP contribution in [-0.4, -0.2) is 23.4 Å². The maximum absolute atomic E-state index is 12.3. The summed E-state index contributed by atoms with van der Waals surface area (Å²) in [4.78, 5) is 28.6. The van der Waals surface area contributed by atoms with Crippen LogP contribution in [0.4, 0.5) is 11.4 Å². The fourth-order valence-electron chi connectivity index (χ4n) is 3.10. The zero-order valence-corrected chi connectivity index (χ0v) is 20.6. The molecule has 172 valence electrons. The molecule has 2 N–H and O–H groups in total. The third-order valence-corrected chi connectivity index (χ3v) is 5.55. The molecule has 1 heterocycles. The van der Waals surface area contributed by atoms with E-state index in [0.717, 1.165) is 10.2 Å². The van der Waals surface area contributed by atoms with E-state index < -0.39 is 0 Å². The maximum Gasteiger partial charge on any atom is 0.257 e. The van der Waals surface area contributed by atoms with Gasteiger partial charge in [0.15, 0.2) is 0 Å². The molecule has 0 radical (unpaired) electrons. The first kappa shape index (κ1) is 24.5. The Morgan fingerprint density at radius 2 is 1.76 bits per heavy atom. The van der Waals surface area contributed by atoms with Gasteiger partial charge in [0.05, 0.1) is 16.6 Å². The van der Waals surface area contributed by atoms with E-state index in [1.165, 1.54) is 11.8 Å². The molecule has 7 heteroatoms. The number of nitrogens with one attached hydrogen (secondary N) is 2. The van der Waals surface area contributed by atoms with Crippen LogP contribution in [0.5, 0.6) is 5.75 Å². The molecule has 6 nitrogen and oxygen atoms in total. The molecule has 0 spiro atoms. The fourth-order valence-corrected chi connectivity index (χ4v) is 3.59. The van der Waals surface area contributed by atoms with Gasteiger partial charge in [-0.1, -0.05) is 32.9 Å². The van der Waals surface area contributed by atoms with Crippen molar-refractivity contribution in [3.8, 4) is 5.75 Å². The molecule has 33 heavy (non-hydrogen) atoms. The predicted octanol–water partition coefficient (Wildman–Crippen LogP) is 6.19. The summed E-state index contributed by atoms with van der Waals surface area (Å²) in [5.74, 6) is 0.391. The molecule has 0 saturated carbocycles. The Bertz CT molecular complexity index is 1110. The Hall–Kier alpha value is -3.19. The van der Waals surface area contributed by atoms with E-state index >= 15 is 0 Å². The van der Waals surface area contributed by atoms with E-state index in [1.54, 1.807) is 42.6 Å². The van der Waals surface area contributed by atoms with Crippen molar-refractivity contribution in [2.24, 2.45) is 0 Å². The first-order valence-corrected chi connectivity index (χ1v) is 11.6. The number of benzene rings is 2. The van der Waals surface area contributed by atoms with E-state index in [-0.39, 0.29) is 17.2 Å². The topological polar surface area (TPSA) is 80.3 Å². The van der Waals surface area contributed by atoms with E-state index in [2.05, 4.69) is 64.5 Å². The van der Waals surface area contributed by atoms with Crippen LogP contribution in [0, 0.1) is 0 Å². The molecule has 1 aromatic heterocycles. The first-order chi connectivity index (χ1) is 15.7. The number of anilines is 2. The number of nitrogens with zero attached hydrogens (tertiary/aromatic N) is 1. The number of halogens is 1. The molecule has 3 rings (SSSR count). The molecule has 0 fully saturated rings. The lowest BCUT2D eigenvalue weighted by molar-refractivity contribution is -0.116. The van der Waals surface area contributed by atoms with Gasteiger partial charge in [0.2, 0.25) is 5.91 Å². The summed E-state index contributed by atoms with van der Waals surface area (Å²) < 4.78 is 6.74. The zero-order chi connectivity index (χ0) is 23.8. The summed E-state index contributed by atoms with van der Waals surface area (Å²) in [6.07, 6.45) is 4.01. The average molecular weight is 510 g/mol. The highest BCUT2D eigenvalue weighted by Gasteiger charge is 2.15. The summed E-state index contributed by atoms with van der Waals surface area (Å²) >= 11 is 3.57. The summed E-state index contributed by atoms with van der Waals surface area (Å²) in [7, 11) is 0. The van der Waals surface area contributed by atoms with Crippen LogP contribution < -0.4 is 15.4 Å². The third-order valence-electron chi connectivity index (χ3n) is 4.93. The van der Waals surface area contributed by atoms with E-state index in [0.29, 0.717) is 36.4 Å². The fraction of sp³-hybridized carbons (Fsp3) is 0.269. The van der Waals surface area contributed by atoms with Crippen LogP contribution in [0.1, 0.15) is 49.5 Å². The molecule has 3 aromatic rings. The molecule has 0 unspecified atom stereocenters. The number of carbonyl (C=O) groups excluding carboxylic acids is 2. The molecule has 2 amide bonds. The number of carbonyl (C=O) groups is 2. The molecule has 0 saturated heterocycles. The van der Waals surface area contributed by atoms with Gasteiger partial charge >= 0.3 is 0 Å². The van der Waals surface area contributed by atoms with Gasteiger partial charge in [0.1, 0.15) is 5.75 Å². The normalized spacial score (nSPS) is 11.0. The Balaban J connectivity index is 1.46. The van der Waals surface area contributed by atoms with Crippen LogP contribution in [0.25, 0.3) is 0 Å². The lowest BCUT2D eigenvalue weighted by atomic mass is 9.87. The van der Waals surface area contributed by atoms with Gasteiger partial charge in [-0.2, -0.15) is 0 Å². The van der Waals surface area contributed by atoms with Gasteiger partial charge in [-0.05, 0) is 75.8 Å². The van der Waals surface area contributed by atoms with Gasteiger partial charge in [0, 0.05) is 30.2 Å². The summed E-state index contributed by atoms with van der Waals surface area (Å²) in [5, 5.41) is 5.67. The summed E-state index contributed by atoms with van der Waals surface area (Å²) in [5.41, 5.74) is 2.96. The van der Waals surface area contributed by atoms with Crippen LogP contribution in [-0.2, 0) is 10.2 Å². The SMILES string of the molecule is CC(C)(C)c1ccc(OCCCC(=O)Nc2cccc(NC(=O)c3cccnc3)c2)c(Br)c1. The largest absolute Gasteiger partial charge is 0.492 e. The molecule has 0 aliphatic heterocycles. The number of rotatable bonds is 8. The smallest absolute Gasteiger partial charge is 0.257 e. The van der Waals surface area contributed by atoms with Crippen LogP contribution in [0.15, 0.2) is 71.5 Å². The molecule has 0 bridgehead atoms. The number of hydrogen-bond donors (Lipinski definition) is 2. The minimum Gasteiger partial charge on any atom is -0.492 e. The van der Waals surface area contributed by atoms with Crippen molar-refractivity contribution < 1.29 is 14.3 Å². The van der Waals surface area contributed by atoms with E-state index in [4.69, 9.17) is 4.74 Å². The van der Waals surface area contributed by atoms with Gasteiger partial charge in [-0.25, -0.2) is 0 Å². The summed E-state index contributed by atoms with van der Waals surface area (Å²) in [6.45, 7) is 6.93. The van der Waals surface area contributed by atoms with Gasteiger partial charge in [-0.3, -0.25) is 14.6 Å². The number of pyridine rings is 1. The van der Waals surface area contributed by atoms with E-state index in [9.17, 15) is 9.59 Å². The molecule has 0 aliphatic carbocycles. The number of aromatic nitrogens is 1. The number of amides is 2. The zero-order valence-electron chi connectivity index (χ0n) is 19.0. The van der Waals surface area contributed by atoms with E-state index in [1.807, 2.05) is 6.07 Å². The highest BCUT2D eigenvalue weighted by molar-refractivity contribution is 9.10. The van der Waals surface area contributed by atoms with Crippen LogP contribution in [0.2, 0.25) is 0 Å². The van der Waals surface area contributed by atoms with Crippen molar-refractivity contribution in [1.29, 1.82) is 0 Å². The standard InChI is InChI=1S/C26H28BrN3O3/c1-26(2,3)19-11-12-23(22(27)15-19)33-14-6-10-24(31)29-20-8-4-9-21(16-20)30-25(32)18-7-5-13-28-17-18/h4-5,7-9,11-13,15-17H,6,10,14H2,1-3H3,(H,29,31)(H,30,32). The lowest BCUT2D eigenvalue weighted by Gasteiger charge is -2.20. The maximum atomic E-state index is 12.3. The van der Waals surface area contributed by atoms with Gasteiger partial charge in [-0.15, -0.1) is 0 Å². The third kappa shape index (κ3) is 7.43. The minimum absolute atomic E-state index is 0.0675. The molecule has 0 aliphatic rings. The Labute approximate surface area is 202 Å². The van der Waals surface area contributed by atoms with Gasteiger partial charge in [0.25, 0.3) is 5.91 Å². The molecular weight excluding hydrogens is 482 g/mol. The minimum atomic E-state index is -0.259. The van der Waals surface area contributed by atoms with Crippen LogP contribution in [0.3, 0.4) is 0 Å². The van der Waals surface area contributed by atoms with Crippen molar-refractivity contribution in [2.45, 2.75) is 39.0 Å². The quantitative estimate of drug-likeness (QED) is 0.354. The van der Waals surface area contributed by atoms with Crippen molar-refractivity contribution in [2.75, 3.05) is 17.2 Å². The van der Waals surface area contributed by atoms with Crippen molar-refractivity contribution >= 4 is 39.1 Å². The second-order valence-corrected chi connectivity index (χ2v) is 9.53. The highest BCUT2D eigenvalue weighted by Crippen LogP contribution is 2.31. The Kier molecular flexibility index (Phi) is 8.22. The van der Waals surface area contributed by atoms with Crippen molar-refractivity contribution in [3.63, 3.8) is 0 Å². The lowest BCUT2D eigenvalue weighted by Crippen LogP contribution is -2.14. The highest BCUT2D eigenvalue weighted by atomic mass is 79.9. The second kappa shape index (κ2) is 11.1. The Morgan fingerprint density at radius 1 is 1.00 bits per heavy atom. The molecule has 2 aromatic carbocycles. The molecule has 0 atom stereocenters.